The summed E-state index contributed by atoms with van der Waals surface area (Å²) in [5.41, 5.74) is 4.39. The molecule has 5 rings (SSSR count). The van der Waals surface area contributed by atoms with E-state index in [1.54, 1.807) is 19.5 Å². The molecule has 27 heavy (non-hydrogen) atoms. The highest BCUT2D eigenvalue weighted by Gasteiger charge is 2.40. The zero-order chi connectivity index (χ0) is 18.2. The molecule has 0 aliphatic carbocycles. The third-order valence-electron chi connectivity index (χ3n) is 5.11. The Kier molecular flexibility index (Phi) is 3.78. The third-order valence-corrected chi connectivity index (χ3v) is 5.11. The SMILES string of the molecule is COc1ccc(C2=NN3[C@H](C2)c2ccccc2O[C@@H]3c2ccncc2)cc1. The van der Waals surface area contributed by atoms with Gasteiger partial charge in [0.15, 0.2) is 0 Å². The van der Waals surface area contributed by atoms with Gasteiger partial charge in [-0.2, -0.15) is 5.10 Å². The van der Waals surface area contributed by atoms with Gasteiger partial charge in [-0.1, -0.05) is 18.2 Å². The largest absolute Gasteiger partial charge is 0.497 e. The van der Waals surface area contributed by atoms with E-state index >= 15 is 0 Å². The van der Waals surface area contributed by atoms with E-state index < -0.39 is 0 Å². The topological polar surface area (TPSA) is 47.0 Å². The van der Waals surface area contributed by atoms with Crippen molar-refractivity contribution in [1.82, 2.24) is 9.99 Å². The molecule has 0 radical (unpaired) electrons. The molecule has 0 bridgehead atoms. The van der Waals surface area contributed by atoms with Gasteiger partial charge in [-0.15, -0.1) is 0 Å². The molecule has 0 amide bonds. The molecule has 2 aliphatic rings. The van der Waals surface area contributed by atoms with Crippen LogP contribution in [0.5, 0.6) is 11.5 Å². The Morgan fingerprint density at radius 1 is 1.00 bits per heavy atom. The van der Waals surface area contributed by atoms with Crippen LogP contribution in [-0.4, -0.2) is 22.8 Å². The zero-order valence-electron chi connectivity index (χ0n) is 14.9. The van der Waals surface area contributed by atoms with E-state index in [1.165, 1.54) is 5.56 Å². The van der Waals surface area contributed by atoms with E-state index in [9.17, 15) is 0 Å². The number of para-hydroxylation sites is 1. The Morgan fingerprint density at radius 2 is 1.78 bits per heavy atom. The lowest BCUT2D eigenvalue weighted by molar-refractivity contribution is -0.0190. The van der Waals surface area contributed by atoms with Crippen molar-refractivity contribution in [2.24, 2.45) is 5.10 Å². The second kappa shape index (κ2) is 6.43. The Labute approximate surface area is 157 Å². The summed E-state index contributed by atoms with van der Waals surface area (Å²) in [4.78, 5) is 4.13. The van der Waals surface area contributed by atoms with Crippen LogP contribution in [0.15, 0.2) is 78.2 Å². The molecule has 0 fully saturated rings. The lowest BCUT2D eigenvalue weighted by Crippen LogP contribution is -2.33. The molecule has 3 aromatic rings. The molecule has 0 N–H and O–H groups in total. The van der Waals surface area contributed by atoms with Crippen molar-refractivity contribution in [3.05, 3.63) is 89.7 Å². The highest BCUT2D eigenvalue weighted by atomic mass is 16.5. The smallest absolute Gasteiger partial charge is 0.213 e. The molecular weight excluding hydrogens is 338 g/mol. The monoisotopic (exact) mass is 357 g/mol. The molecule has 3 heterocycles. The number of rotatable bonds is 3. The molecule has 0 unspecified atom stereocenters. The number of fused-ring (bicyclic) bond motifs is 3. The van der Waals surface area contributed by atoms with Gasteiger partial charge in [-0.25, -0.2) is 5.01 Å². The van der Waals surface area contributed by atoms with Gasteiger partial charge < -0.3 is 9.47 Å². The molecular formula is C22H19N3O2. The van der Waals surface area contributed by atoms with Crippen molar-refractivity contribution in [3.8, 4) is 11.5 Å². The standard InChI is InChI=1S/C22H19N3O2/c1-26-17-8-6-15(7-9-17)19-14-20-18-4-2-3-5-21(18)27-22(25(20)24-19)16-10-12-23-13-11-16/h2-13,20,22H,14H2,1H3/t20-,22-/m1/s1. The quantitative estimate of drug-likeness (QED) is 0.700. The molecule has 134 valence electrons. The van der Waals surface area contributed by atoms with Gasteiger partial charge in [0.25, 0.3) is 0 Å². The lowest BCUT2D eigenvalue weighted by atomic mass is 9.96. The average molecular weight is 357 g/mol. The van der Waals surface area contributed by atoms with Gasteiger partial charge in [0.2, 0.25) is 6.23 Å². The molecule has 1 aromatic heterocycles. The van der Waals surface area contributed by atoms with Crippen LogP contribution < -0.4 is 9.47 Å². The lowest BCUT2D eigenvalue weighted by Gasteiger charge is -2.38. The predicted molar refractivity (Wildman–Crippen MR) is 103 cm³/mol. The number of pyridine rings is 1. The maximum absolute atomic E-state index is 6.32. The van der Waals surface area contributed by atoms with Crippen LogP contribution in [0.1, 0.15) is 35.4 Å². The van der Waals surface area contributed by atoms with Crippen LogP contribution in [0.3, 0.4) is 0 Å². The summed E-state index contributed by atoms with van der Waals surface area (Å²) in [5.74, 6) is 1.77. The van der Waals surface area contributed by atoms with Gasteiger partial charge in [0.05, 0.1) is 18.9 Å². The number of aromatic nitrogens is 1. The summed E-state index contributed by atoms with van der Waals surface area (Å²) < 4.78 is 11.6. The van der Waals surface area contributed by atoms with Gasteiger partial charge in [0, 0.05) is 29.9 Å². The Balaban J connectivity index is 1.56. The number of hydrogen-bond donors (Lipinski definition) is 0. The fourth-order valence-corrected chi connectivity index (χ4v) is 3.74. The maximum Gasteiger partial charge on any atom is 0.213 e. The van der Waals surface area contributed by atoms with Crippen molar-refractivity contribution in [3.63, 3.8) is 0 Å². The minimum absolute atomic E-state index is 0.158. The normalized spacial score (nSPS) is 20.3. The highest BCUT2D eigenvalue weighted by Crippen LogP contribution is 2.47. The number of hydrazone groups is 1. The Bertz CT molecular complexity index is 986. The Hall–Kier alpha value is -3.34. The first-order valence-corrected chi connectivity index (χ1v) is 8.99. The second-order valence-corrected chi connectivity index (χ2v) is 6.66. The predicted octanol–water partition coefficient (Wildman–Crippen LogP) is 4.33. The molecule has 0 saturated carbocycles. The van der Waals surface area contributed by atoms with E-state index in [-0.39, 0.29) is 12.3 Å². The fraction of sp³-hybridized carbons (Fsp3) is 0.182. The summed E-state index contributed by atoms with van der Waals surface area (Å²) in [5, 5.41) is 7.04. The van der Waals surface area contributed by atoms with Gasteiger partial charge >= 0.3 is 0 Å². The summed E-state index contributed by atoms with van der Waals surface area (Å²) in [6.45, 7) is 0. The van der Waals surface area contributed by atoms with Crippen LogP contribution in [-0.2, 0) is 0 Å². The van der Waals surface area contributed by atoms with Crippen molar-refractivity contribution in [2.75, 3.05) is 7.11 Å². The molecule has 2 atom stereocenters. The maximum atomic E-state index is 6.32. The zero-order valence-corrected chi connectivity index (χ0v) is 14.9. The summed E-state index contributed by atoms with van der Waals surface area (Å²) in [6.07, 6.45) is 4.16. The fourth-order valence-electron chi connectivity index (χ4n) is 3.74. The van der Waals surface area contributed by atoms with Crippen LogP contribution in [0.2, 0.25) is 0 Å². The summed E-state index contributed by atoms with van der Waals surface area (Å²) in [6, 6.07) is 20.4. The van der Waals surface area contributed by atoms with Crippen molar-refractivity contribution in [2.45, 2.75) is 18.7 Å². The average Bonchev–Trinajstić information content (AvgIpc) is 3.19. The van der Waals surface area contributed by atoms with E-state index in [0.29, 0.717) is 0 Å². The molecule has 0 saturated heterocycles. The molecule has 5 heteroatoms. The van der Waals surface area contributed by atoms with E-state index in [0.717, 1.165) is 34.8 Å². The van der Waals surface area contributed by atoms with Crippen molar-refractivity contribution < 1.29 is 9.47 Å². The third kappa shape index (κ3) is 2.72. The minimum atomic E-state index is -0.261. The Morgan fingerprint density at radius 3 is 2.56 bits per heavy atom. The highest BCUT2D eigenvalue weighted by molar-refractivity contribution is 6.02. The number of methoxy groups -OCH3 is 1. The number of benzene rings is 2. The van der Waals surface area contributed by atoms with Gasteiger partial charge in [-0.3, -0.25) is 4.98 Å². The van der Waals surface area contributed by atoms with E-state index in [4.69, 9.17) is 14.6 Å². The first kappa shape index (κ1) is 15.9. The van der Waals surface area contributed by atoms with E-state index in [2.05, 4.69) is 34.3 Å². The van der Waals surface area contributed by atoms with Gasteiger partial charge in [-0.05, 0) is 48.0 Å². The van der Waals surface area contributed by atoms with Crippen LogP contribution in [0.25, 0.3) is 0 Å². The van der Waals surface area contributed by atoms with Gasteiger partial charge in [0.1, 0.15) is 11.5 Å². The molecule has 2 aromatic carbocycles. The number of ether oxygens (including phenoxy) is 2. The van der Waals surface area contributed by atoms with Crippen molar-refractivity contribution >= 4 is 5.71 Å². The van der Waals surface area contributed by atoms with Crippen LogP contribution in [0, 0.1) is 0 Å². The first-order valence-electron chi connectivity index (χ1n) is 8.99. The summed E-state index contributed by atoms with van der Waals surface area (Å²) in [7, 11) is 1.68. The van der Waals surface area contributed by atoms with E-state index in [1.807, 2.05) is 36.4 Å². The molecule has 5 nitrogen and oxygen atoms in total. The van der Waals surface area contributed by atoms with Crippen LogP contribution in [0.4, 0.5) is 0 Å². The molecule has 2 aliphatic heterocycles. The number of hydrogen-bond acceptors (Lipinski definition) is 5. The minimum Gasteiger partial charge on any atom is -0.497 e. The number of nitrogens with zero attached hydrogens (tertiary/aromatic N) is 3. The molecule has 0 spiro atoms. The summed E-state index contributed by atoms with van der Waals surface area (Å²) >= 11 is 0. The van der Waals surface area contributed by atoms with Crippen molar-refractivity contribution in [1.29, 1.82) is 0 Å². The first-order chi connectivity index (χ1) is 13.3. The second-order valence-electron chi connectivity index (χ2n) is 6.66. The van der Waals surface area contributed by atoms with Crippen LogP contribution >= 0.6 is 0 Å².